The van der Waals surface area contributed by atoms with Crippen LogP contribution in [0.5, 0.6) is 0 Å². The quantitative estimate of drug-likeness (QED) is 0.776. The van der Waals surface area contributed by atoms with Gasteiger partial charge in [0.15, 0.2) is 0 Å². The van der Waals surface area contributed by atoms with Crippen LogP contribution in [-0.2, 0) is 7.05 Å². The molecule has 0 aliphatic carbocycles. The van der Waals surface area contributed by atoms with Crippen LogP contribution in [-0.4, -0.2) is 14.5 Å². The van der Waals surface area contributed by atoms with E-state index < -0.39 is 0 Å². The lowest BCUT2D eigenvalue weighted by atomic mass is 10.2. The molecular weight excluding hydrogens is 270 g/mol. The molecular formula is C14H17N5S. The van der Waals surface area contributed by atoms with Gasteiger partial charge < -0.3 is 15.6 Å². The van der Waals surface area contributed by atoms with Crippen LogP contribution in [0.25, 0.3) is 11.0 Å². The van der Waals surface area contributed by atoms with Crippen LogP contribution in [0.1, 0.15) is 22.9 Å². The average molecular weight is 287 g/mol. The molecule has 3 aromatic rings. The molecule has 3 rings (SSSR count). The van der Waals surface area contributed by atoms with E-state index in [-0.39, 0.29) is 6.04 Å². The maximum Gasteiger partial charge on any atom is 0.200 e. The van der Waals surface area contributed by atoms with Gasteiger partial charge in [-0.15, -0.1) is 11.3 Å². The van der Waals surface area contributed by atoms with Gasteiger partial charge in [-0.3, -0.25) is 0 Å². The van der Waals surface area contributed by atoms with Crippen LogP contribution in [0.3, 0.4) is 0 Å². The molecule has 2 aromatic heterocycles. The number of nitrogens with zero attached hydrogens (tertiary/aromatic N) is 3. The van der Waals surface area contributed by atoms with E-state index in [4.69, 9.17) is 5.73 Å². The number of hydrogen-bond acceptors (Lipinski definition) is 5. The van der Waals surface area contributed by atoms with Crippen LogP contribution < -0.4 is 11.1 Å². The number of nitrogen functional groups attached to an aromatic ring is 1. The molecule has 104 valence electrons. The van der Waals surface area contributed by atoms with E-state index >= 15 is 0 Å². The fourth-order valence-electron chi connectivity index (χ4n) is 2.21. The molecule has 0 amide bonds. The van der Waals surface area contributed by atoms with Gasteiger partial charge in [0.1, 0.15) is 0 Å². The number of nitrogens with two attached hydrogens (primary N) is 1. The average Bonchev–Trinajstić information content (AvgIpc) is 2.95. The predicted molar refractivity (Wildman–Crippen MR) is 84.0 cm³/mol. The third-order valence-corrected chi connectivity index (χ3v) is 4.46. The molecule has 0 aliphatic heterocycles. The van der Waals surface area contributed by atoms with Gasteiger partial charge in [-0.25, -0.2) is 9.97 Å². The van der Waals surface area contributed by atoms with Gasteiger partial charge >= 0.3 is 0 Å². The maximum absolute atomic E-state index is 5.82. The van der Waals surface area contributed by atoms with Crippen molar-refractivity contribution in [3.63, 3.8) is 0 Å². The number of imidazole rings is 1. The zero-order valence-electron chi connectivity index (χ0n) is 11.7. The first-order valence-electron chi connectivity index (χ1n) is 6.45. The van der Waals surface area contributed by atoms with E-state index in [1.807, 2.05) is 42.9 Å². The molecule has 0 bridgehead atoms. The Morgan fingerprint density at radius 1 is 1.40 bits per heavy atom. The summed E-state index contributed by atoms with van der Waals surface area (Å²) in [6.45, 7) is 4.15. The number of thiazole rings is 1. The third-order valence-electron chi connectivity index (χ3n) is 3.36. The normalized spacial score (nSPS) is 12.8. The van der Waals surface area contributed by atoms with Crippen LogP contribution >= 0.6 is 11.3 Å². The van der Waals surface area contributed by atoms with Crippen LogP contribution in [0.15, 0.2) is 24.4 Å². The number of aryl methyl sites for hydroxylation is 2. The van der Waals surface area contributed by atoms with Crippen molar-refractivity contribution in [2.24, 2.45) is 7.05 Å². The summed E-state index contributed by atoms with van der Waals surface area (Å²) in [7, 11) is 1.92. The van der Waals surface area contributed by atoms with Crippen molar-refractivity contribution in [3.05, 3.63) is 34.3 Å². The molecule has 0 saturated heterocycles. The summed E-state index contributed by atoms with van der Waals surface area (Å²) in [5.41, 5.74) is 8.80. The first-order valence-corrected chi connectivity index (χ1v) is 7.27. The molecule has 0 aliphatic rings. The summed E-state index contributed by atoms with van der Waals surface area (Å²) in [6, 6.07) is 6.33. The minimum Gasteiger partial charge on any atom is -0.378 e. The second-order valence-corrected chi connectivity index (χ2v) is 6.15. The van der Waals surface area contributed by atoms with E-state index in [1.165, 1.54) is 4.88 Å². The molecule has 6 heteroatoms. The van der Waals surface area contributed by atoms with Gasteiger partial charge in [0, 0.05) is 23.8 Å². The number of nitrogens with one attached hydrogen (secondary N) is 1. The lowest BCUT2D eigenvalue weighted by molar-refractivity contribution is 0.903. The van der Waals surface area contributed by atoms with E-state index in [0.29, 0.717) is 5.95 Å². The number of aromatic nitrogens is 3. The molecule has 1 aromatic carbocycles. The molecule has 5 nitrogen and oxygen atoms in total. The molecule has 2 heterocycles. The van der Waals surface area contributed by atoms with Gasteiger partial charge in [0.2, 0.25) is 5.95 Å². The minimum atomic E-state index is 0.222. The highest BCUT2D eigenvalue weighted by Crippen LogP contribution is 2.26. The second kappa shape index (κ2) is 4.79. The van der Waals surface area contributed by atoms with Gasteiger partial charge in [-0.05, 0) is 32.0 Å². The Labute approximate surface area is 121 Å². The summed E-state index contributed by atoms with van der Waals surface area (Å²) >= 11 is 1.71. The van der Waals surface area contributed by atoms with Crippen molar-refractivity contribution in [1.29, 1.82) is 0 Å². The molecule has 0 fully saturated rings. The maximum atomic E-state index is 5.82. The van der Waals surface area contributed by atoms with Crippen molar-refractivity contribution < 1.29 is 0 Å². The molecule has 0 saturated carbocycles. The molecule has 3 N–H and O–H groups in total. The van der Waals surface area contributed by atoms with Crippen LogP contribution in [0.2, 0.25) is 0 Å². The fraction of sp³-hybridized carbons (Fsp3) is 0.286. The molecule has 1 unspecified atom stereocenters. The van der Waals surface area contributed by atoms with Gasteiger partial charge in [0.05, 0.1) is 22.1 Å². The van der Waals surface area contributed by atoms with Crippen molar-refractivity contribution in [2.45, 2.75) is 19.9 Å². The first kappa shape index (κ1) is 12.9. The Kier molecular flexibility index (Phi) is 3.10. The number of rotatable bonds is 3. The zero-order valence-corrected chi connectivity index (χ0v) is 12.5. The fourth-order valence-corrected chi connectivity index (χ4v) is 2.99. The predicted octanol–water partition coefficient (Wildman–Crippen LogP) is 3.09. The Bertz CT molecular complexity index is 758. The summed E-state index contributed by atoms with van der Waals surface area (Å²) in [5, 5.41) is 4.56. The zero-order chi connectivity index (χ0) is 14.3. The second-order valence-electron chi connectivity index (χ2n) is 4.88. The van der Waals surface area contributed by atoms with Crippen LogP contribution in [0.4, 0.5) is 11.6 Å². The Hall–Kier alpha value is -2.08. The Balaban J connectivity index is 1.87. The first-order chi connectivity index (χ1) is 9.54. The number of benzene rings is 1. The van der Waals surface area contributed by atoms with E-state index in [9.17, 15) is 0 Å². The minimum absolute atomic E-state index is 0.222. The number of anilines is 2. The summed E-state index contributed by atoms with van der Waals surface area (Å²) < 4.78 is 1.88. The number of fused-ring (bicyclic) bond motifs is 1. The van der Waals surface area contributed by atoms with Crippen molar-refractivity contribution in [3.8, 4) is 0 Å². The standard InChI is InChI=1S/C14H17N5S/c1-8(13-7-16-9(2)20-13)17-10-4-5-12-11(6-10)18-14(15)19(12)3/h4-8,17H,1-3H3,(H2,15,18). The molecule has 20 heavy (non-hydrogen) atoms. The Morgan fingerprint density at radius 2 is 2.20 bits per heavy atom. The van der Waals surface area contributed by atoms with Gasteiger partial charge in [-0.2, -0.15) is 0 Å². The van der Waals surface area contributed by atoms with Crippen LogP contribution in [0, 0.1) is 6.92 Å². The van der Waals surface area contributed by atoms with Gasteiger partial charge in [-0.1, -0.05) is 0 Å². The monoisotopic (exact) mass is 287 g/mol. The highest BCUT2D eigenvalue weighted by Gasteiger charge is 2.10. The lowest BCUT2D eigenvalue weighted by Gasteiger charge is -2.13. The summed E-state index contributed by atoms with van der Waals surface area (Å²) in [5.74, 6) is 0.531. The largest absolute Gasteiger partial charge is 0.378 e. The van der Waals surface area contributed by atoms with Crippen molar-refractivity contribution in [1.82, 2.24) is 14.5 Å². The van der Waals surface area contributed by atoms with E-state index in [1.54, 1.807) is 11.3 Å². The highest BCUT2D eigenvalue weighted by molar-refractivity contribution is 7.11. The van der Waals surface area contributed by atoms with E-state index in [0.717, 1.165) is 21.7 Å². The SMILES string of the molecule is Cc1ncc(C(C)Nc2ccc3c(c2)nc(N)n3C)s1. The molecule has 1 atom stereocenters. The lowest BCUT2D eigenvalue weighted by Crippen LogP contribution is -2.04. The topological polar surface area (TPSA) is 68.8 Å². The van der Waals surface area contributed by atoms with E-state index in [2.05, 4.69) is 22.2 Å². The van der Waals surface area contributed by atoms with Gasteiger partial charge in [0.25, 0.3) is 0 Å². The molecule has 0 spiro atoms. The molecule has 0 radical (unpaired) electrons. The third kappa shape index (κ3) is 2.22. The summed E-state index contributed by atoms with van der Waals surface area (Å²) in [6.07, 6.45) is 1.93. The summed E-state index contributed by atoms with van der Waals surface area (Å²) in [4.78, 5) is 9.86. The van der Waals surface area contributed by atoms with Crippen molar-refractivity contribution in [2.75, 3.05) is 11.1 Å². The highest BCUT2D eigenvalue weighted by atomic mass is 32.1. The van der Waals surface area contributed by atoms with Crippen molar-refractivity contribution >= 4 is 34.0 Å². The smallest absolute Gasteiger partial charge is 0.200 e. The number of hydrogen-bond donors (Lipinski definition) is 2. The Morgan fingerprint density at radius 3 is 2.90 bits per heavy atom.